The van der Waals surface area contributed by atoms with Crippen LogP contribution in [0.2, 0.25) is 0 Å². The number of nitrogens with one attached hydrogen (secondary N) is 3. The predicted molar refractivity (Wildman–Crippen MR) is 139 cm³/mol. The molecule has 6 nitrogen and oxygen atoms in total. The van der Waals surface area contributed by atoms with E-state index in [0.717, 1.165) is 23.8 Å². The Kier molecular flexibility index (Phi) is 12.8. The molecule has 170 valence electrons. The number of carbonyl (C=O) groups is 1. The number of amides is 1. The summed E-state index contributed by atoms with van der Waals surface area (Å²) in [5.74, 6) is 1.09. The van der Waals surface area contributed by atoms with Crippen LogP contribution in [0.1, 0.15) is 31.9 Å². The molecule has 1 unspecified atom stereocenters. The zero-order valence-corrected chi connectivity index (χ0v) is 21.2. The van der Waals surface area contributed by atoms with Crippen LogP contribution in [0.15, 0.2) is 59.6 Å². The lowest BCUT2D eigenvalue weighted by molar-refractivity contribution is -0.118. The minimum absolute atomic E-state index is 0. The van der Waals surface area contributed by atoms with Crippen LogP contribution in [0.3, 0.4) is 0 Å². The van der Waals surface area contributed by atoms with Crippen molar-refractivity contribution >= 4 is 41.5 Å². The van der Waals surface area contributed by atoms with Crippen LogP contribution < -0.4 is 16.0 Å². The molecule has 0 aromatic heterocycles. The highest BCUT2D eigenvalue weighted by Crippen LogP contribution is 2.11. The Morgan fingerprint density at radius 1 is 0.968 bits per heavy atom. The first kappa shape index (κ1) is 26.9. The Hall–Kier alpha value is -2.13. The third-order valence-electron chi connectivity index (χ3n) is 4.56. The molecule has 2 aromatic rings. The van der Waals surface area contributed by atoms with Crippen molar-refractivity contribution in [1.29, 1.82) is 0 Å². The molecule has 31 heavy (non-hydrogen) atoms. The van der Waals surface area contributed by atoms with Crippen LogP contribution in [0.25, 0.3) is 0 Å². The highest BCUT2D eigenvalue weighted by atomic mass is 127. The summed E-state index contributed by atoms with van der Waals surface area (Å²) in [6.45, 7) is 8.64. The molecule has 0 saturated heterocycles. The van der Waals surface area contributed by atoms with Crippen molar-refractivity contribution in [3.05, 3.63) is 65.7 Å². The second-order valence-electron chi connectivity index (χ2n) is 7.75. The van der Waals surface area contributed by atoms with E-state index < -0.39 is 0 Å². The third kappa shape index (κ3) is 10.6. The number of nitrogens with zero attached hydrogens (tertiary/aromatic N) is 1. The Morgan fingerprint density at radius 3 is 2.26 bits per heavy atom. The molecule has 0 fully saturated rings. The number of hydrogen-bond donors (Lipinski definition) is 3. The predicted octanol–water partition coefficient (Wildman–Crippen LogP) is 4.42. The van der Waals surface area contributed by atoms with Crippen LogP contribution in [-0.2, 0) is 22.7 Å². The summed E-state index contributed by atoms with van der Waals surface area (Å²) in [5, 5.41) is 9.55. The van der Waals surface area contributed by atoms with Gasteiger partial charge in [0.25, 0.3) is 0 Å². The standard InChI is InChI=1S/C24H34N4O2.HI/c1-18(2)23(29)28-22-12-10-20(11-13-22)15-27-24(25-4)26-14-19(3)16-30-17-21-8-6-5-7-9-21;/h5-13,18-19H,14-17H2,1-4H3,(H,28,29)(H2,25,26,27);1H. The Morgan fingerprint density at radius 2 is 1.65 bits per heavy atom. The lowest BCUT2D eigenvalue weighted by atomic mass is 10.1. The van der Waals surface area contributed by atoms with Gasteiger partial charge in [-0.2, -0.15) is 0 Å². The minimum atomic E-state index is -0.0353. The first-order chi connectivity index (χ1) is 14.5. The molecule has 0 aliphatic carbocycles. The van der Waals surface area contributed by atoms with Crippen molar-refractivity contribution in [3.63, 3.8) is 0 Å². The van der Waals surface area contributed by atoms with Gasteiger partial charge in [0.05, 0.1) is 13.2 Å². The number of halogens is 1. The monoisotopic (exact) mass is 538 g/mol. The van der Waals surface area contributed by atoms with E-state index >= 15 is 0 Å². The molecule has 0 spiro atoms. The maximum absolute atomic E-state index is 11.8. The van der Waals surface area contributed by atoms with Crippen LogP contribution in [0, 0.1) is 11.8 Å². The highest BCUT2D eigenvalue weighted by Gasteiger charge is 2.07. The third-order valence-corrected chi connectivity index (χ3v) is 4.56. The van der Waals surface area contributed by atoms with E-state index in [-0.39, 0.29) is 35.8 Å². The molecular formula is C24H35IN4O2. The van der Waals surface area contributed by atoms with E-state index in [1.165, 1.54) is 5.56 Å². The van der Waals surface area contributed by atoms with Crippen molar-refractivity contribution in [2.75, 3.05) is 25.5 Å². The van der Waals surface area contributed by atoms with Crippen LogP contribution in [-0.4, -0.2) is 32.1 Å². The van der Waals surface area contributed by atoms with E-state index in [1.54, 1.807) is 7.05 Å². The van der Waals surface area contributed by atoms with Crippen LogP contribution in [0.5, 0.6) is 0 Å². The van der Waals surface area contributed by atoms with E-state index in [0.29, 0.717) is 25.7 Å². The van der Waals surface area contributed by atoms with E-state index in [9.17, 15) is 4.79 Å². The molecule has 7 heteroatoms. The molecule has 2 aromatic carbocycles. The van der Waals surface area contributed by atoms with Gasteiger partial charge in [-0.1, -0.05) is 63.2 Å². The molecule has 1 atom stereocenters. The summed E-state index contributed by atoms with van der Waals surface area (Å²) < 4.78 is 5.80. The lowest BCUT2D eigenvalue weighted by Gasteiger charge is -2.16. The summed E-state index contributed by atoms with van der Waals surface area (Å²) in [6, 6.07) is 18.0. The molecule has 2 rings (SSSR count). The van der Waals surface area contributed by atoms with Crippen molar-refractivity contribution in [3.8, 4) is 0 Å². The second-order valence-corrected chi connectivity index (χ2v) is 7.75. The molecule has 0 aliphatic heterocycles. The van der Waals surface area contributed by atoms with Gasteiger partial charge in [-0.3, -0.25) is 9.79 Å². The molecule has 0 bridgehead atoms. The maximum atomic E-state index is 11.8. The SMILES string of the molecule is CN=C(NCc1ccc(NC(=O)C(C)C)cc1)NCC(C)COCc1ccccc1.I. The zero-order chi connectivity index (χ0) is 21.8. The molecule has 0 radical (unpaired) electrons. The average molecular weight is 538 g/mol. The van der Waals surface area contributed by atoms with E-state index in [4.69, 9.17) is 4.74 Å². The number of hydrogen-bond acceptors (Lipinski definition) is 3. The van der Waals surface area contributed by atoms with Crippen molar-refractivity contribution in [2.45, 2.75) is 33.9 Å². The molecule has 1 amide bonds. The number of anilines is 1. The summed E-state index contributed by atoms with van der Waals surface area (Å²) in [4.78, 5) is 16.0. The molecule has 0 saturated carbocycles. The van der Waals surface area contributed by atoms with Gasteiger partial charge in [-0.25, -0.2) is 0 Å². The molecular weight excluding hydrogens is 503 g/mol. The Labute approximate surface area is 203 Å². The van der Waals surface area contributed by atoms with Gasteiger partial charge in [0.1, 0.15) is 0 Å². The summed E-state index contributed by atoms with van der Waals surface area (Å²) in [6.07, 6.45) is 0. The smallest absolute Gasteiger partial charge is 0.226 e. The molecule has 0 heterocycles. The molecule has 3 N–H and O–H groups in total. The van der Waals surface area contributed by atoms with Crippen LogP contribution in [0.4, 0.5) is 5.69 Å². The largest absolute Gasteiger partial charge is 0.376 e. The maximum Gasteiger partial charge on any atom is 0.226 e. The van der Waals surface area contributed by atoms with Crippen molar-refractivity contribution < 1.29 is 9.53 Å². The average Bonchev–Trinajstić information content (AvgIpc) is 2.75. The normalized spacial score (nSPS) is 12.1. The van der Waals surface area contributed by atoms with Gasteiger partial charge in [0, 0.05) is 31.7 Å². The fourth-order valence-electron chi connectivity index (χ4n) is 2.68. The number of rotatable bonds is 10. The first-order valence-electron chi connectivity index (χ1n) is 10.4. The first-order valence-corrected chi connectivity index (χ1v) is 10.4. The van der Waals surface area contributed by atoms with Crippen molar-refractivity contribution in [2.24, 2.45) is 16.8 Å². The van der Waals surface area contributed by atoms with Gasteiger partial charge >= 0.3 is 0 Å². The molecule has 0 aliphatic rings. The highest BCUT2D eigenvalue weighted by molar-refractivity contribution is 14.0. The van der Waals surface area contributed by atoms with Gasteiger partial charge < -0.3 is 20.7 Å². The van der Waals surface area contributed by atoms with Gasteiger partial charge in [0.15, 0.2) is 5.96 Å². The Balaban J connectivity index is 0.00000480. The zero-order valence-electron chi connectivity index (χ0n) is 18.9. The number of aliphatic imine (C=N–C) groups is 1. The Bertz CT molecular complexity index is 795. The number of ether oxygens (including phenoxy) is 1. The van der Waals surface area contributed by atoms with Gasteiger partial charge in [-0.05, 0) is 29.2 Å². The number of benzene rings is 2. The van der Waals surface area contributed by atoms with Crippen molar-refractivity contribution in [1.82, 2.24) is 10.6 Å². The summed E-state index contributed by atoms with van der Waals surface area (Å²) in [7, 11) is 1.76. The fraction of sp³-hybridized carbons (Fsp3) is 0.417. The quantitative estimate of drug-likeness (QED) is 0.238. The van der Waals surface area contributed by atoms with Gasteiger partial charge in [-0.15, -0.1) is 24.0 Å². The summed E-state index contributed by atoms with van der Waals surface area (Å²) in [5.41, 5.74) is 3.11. The number of carbonyl (C=O) groups excluding carboxylic acids is 1. The lowest BCUT2D eigenvalue weighted by Crippen LogP contribution is -2.39. The van der Waals surface area contributed by atoms with Crippen LogP contribution >= 0.6 is 24.0 Å². The van der Waals surface area contributed by atoms with Gasteiger partial charge in [0.2, 0.25) is 5.91 Å². The summed E-state index contributed by atoms with van der Waals surface area (Å²) >= 11 is 0. The van der Waals surface area contributed by atoms with E-state index in [1.807, 2.05) is 56.3 Å². The topological polar surface area (TPSA) is 74.8 Å². The second kappa shape index (κ2) is 14.8. The number of guanidine groups is 1. The minimum Gasteiger partial charge on any atom is -0.376 e. The fourth-order valence-corrected chi connectivity index (χ4v) is 2.68. The van der Waals surface area contributed by atoms with E-state index in [2.05, 4.69) is 40.0 Å².